The second kappa shape index (κ2) is 8.46. The van der Waals surface area contributed by atoms with E-state index in [4.69, 9.17) is 4.42 Å². The van der Waals surface area contributed by atoms with Crippen molar-refractivity contribution in [3.8, 4) is 11.3 Å². The summed E-state index contributed by atoms with van der Waals surface area (Å²) in [5.74, 6) is 1.37. The van der Waals surface area contributed by atoms with Crippen molar-refractivity contribution in [3.05, 3.63) is 47.5 Å². The third-order valence-electron chi connectivity index (χ3n) is 3.64. The molecule has 2 heterocycles. The van der Waals surface area contributed by atoms with Crippen molar-refractivity contribution in [1.29, 1.82) is 0 Å². The second-order valence-electron chi connectivity index (χ2n) is 5.62. The summed E-state index contributed by atoms with van der Waals surface area (Å²) in [4.78, 5) is 12.5. The van der Waals surface area contributed by atoms with Crippen LogP contribution in [0.3, 0.4) is 0 Å². The van der Waals surface area contributed by atoms with Gasteiger partial charge in [0.25, 0.3) is 5.91 Å². The van der Waals surface area contributed by atoms with Gasteiger partial charge in [-0.3, -0.25) is 10.1 Å². The van der Waals surface area contributed by atoms with Crippen LogP contribution >= 0.6 is 23.1 Å². The number of rotatable bonds is 7. The number of aromatic nitrogens is 2. The highest BCUT2D eigenvalue weighted by Gasteiger charge is 2.18. The minimum atomic E-state index is -0.320. The molecule has 8 heteroatoms. The number of amides is 1. The van der Waals surface area contributed by atoms with Gasteiger partial charge in [0, 0.05) is 11.3 Å². The molecule has 2 aromatic heterocycles. The van der Waals surface area contributed by atoms with Crippen LogP contribution in [-0.2, 0) is 0 Å². The number of anilines is 1. The fourth-order valence-electron chi connectivity index (χ4n) is 2.25. The third-order valence-corrected chi connectivity index (χ3v) is 5.70. The van der Waals surface area contributed by atoms with Crippen molar-refractivity contribution in [2.24, 2.45) is 0 Å². The molecule has 0 aliphatic heterocycles. The normalized spacial score (nSPS) is 10.9. The van der Waals surface area contributed by atoms with E-state index in [1.165, 1.54) is 23.5 Å². The fraction of sp³-hybridized carbons (Fsp3) is 0.278. The number of carbonyl (C=O) groups is 1. The van der Waals surface area contributed by atoms with Crippen molar-refractivity contribution in [1.82, 2.24) is 10.2 Å². The fourth-order valence-corrected chi connectivity index (χ4v) is 4.15. The monoisotopic (exact) mass is 391 g/mol. The number of unbranched alkanes of at least 4 members (excludes halogenated alkanes) is 1. The highest BCUT2D eigenvalue weighted by atomic mass is 32.2. The zero-order valence-corrected chi connectivity index (χ0v) is 16.0. The first-order valence-electron chi connectivity index (χ1n) is 8.21. The van der Waals surface area contributed by atoms with Crippen LogP contribution in [0.5, 0.6) is 0 Å². The predicted molar refractivity (Wildman–Crippen MR) is 102 cm³/mol. The molecule has 0 fully saturated rings. The number of hydrogen-bond donors (Lipinski definition) is 1. The zero-order chi connectivity index (χ0) is 18.5. The van der Waals surface area contributed by atoms with E-state index in [1.807, 2.05) is 0 Å². The molecule has 0 aliphatic rings. The number of nitrogens with one attached hydrogen (secondary N) is 1. The summed E-state index contributed by atoms with van der Waals surface area (Å²) in [5.41, 5.74) is 1.12. The molecule has 1 aromatic carbocycles. The maximum Gasteiger partial charge on any atom is 0.261 e. The first kappa shape index (κ1) is 18.6. The lowest BCUT2D eigenvalue weighted by Crippen LogP contribution is -2.11. The van der Waals surface area contributed by atoms with Crippen LogP contribution in [-0.4, -0.2) is 21.9 Å². The average Bonchev–Trinajstić information content (AvgIpc) is 3.22. The number of benzene rings is 1. The van der Waals surface area contributed by atoms with Gasteiger partial charge in [-0.2, -0.15) is 0 Å². The Balaban J connectivity index is 1.69. The summed E-state index contributed by atoms with van der Waals surface area (Å²) in [6.07, 6.45) is 2.25. The van der Waals surface area contributed by atoms with E-state index >= 15 is 0 Å². The van der Waals surface area contributed by atoms with Gasteiger partial charge in [0.1, 0.15) is 17.3 Å². The van der Waals surface area contributed by atoms with Gasteiger partial charge in [-0.25, -0.2) is 4.39 Å². The van der Waals surface area contributed by atoms with Gasteiger partial charge in [0.2, 0.25) is 5.13 Å². The van der Waals surface area contributed by atoms with E-state index in [1.54, 1.807) is 36.9 Å². The SMILES string of the molecule is CCCCSc1nnc(NC(=O)c2cc(-c3ccc(F)cc3)oc2C)s1. The van der Waals surface area contributed by atoms with Crippen LogP contribution < -0.4 is 5.32 Å². The molecule has 0 saturated heterocycles. The molecule has 136 valence electrons. The van der Waals surface area contributed by atoms with E-state index in [2.05, 4.69) is 22.4 Å². The Morgan fingerprint density at radius 1 is 1.31 bits per heavy atom. The lowest BCUT2D eigenvalue weighted by molar-refractivity contribution is 0.102. The summed E-state index contributed by atoms with van der Waals surface area (Å²) < 4.78 is 19.5. The van der Waals surface area contributed by atoms with Crippen molar-refractivity contribution in [2.75, 3.05) is 11.1 Å². The Kier molecular flexibility index (Phi) is 6.05. The van der Waals surface area contributed by atoms with Gasteiger partial charge < -0.3 is 4.42 Å². The molecule has 0 radical (unpaired) electrons. The van der Waals surface area contributed by atoms with E-state index < -0.39 is 0 Å². The summed E-state index contributed by atoms with van der Waals surface area (Å²) >= 11 is 2.99. The van der Waals surface area contributed by atoms with E-state index in [0.717, 1.165) is 22.9 Å². The van der Waals surface area contributed by atoms with Crippen LogP contribution in [0.15, 0.2) is 39.1 Å². The molecule has 0 saturated carbocycles. The number of thioether (sulfide) groups is 1. The molecule has 0 bridgehead atoms. The van der Waals surface area contributed by atoms with E-state index in [0.29, 0.717) is 27.8 Å². The lowest BCUT2D eigenvalue weighted by Gasteiger charge is -1.98. The van der Waals surface area contributed by atoms with Crippen molar-refractivity contribution in [3.63, 3.8) is 0 Å². The lowest BCUT2D eigenvalue weighted by atomic mass is 10.1. The molecular formula is C18H18FN3O2S2. The number of carbonyl (C=O) groups excluding carboxylic acids is 1. The topological polar surface area (TPSA) is 68.0 Å². The third kappa shape index (κ3) is 4.50. The molecule has 0 aliphatic carbocycles. The smallest absolute Gasteiger partial charge is 0.261 e. The van der Waals surface area contributed by atoms with Gasteiger partial charge in [-0.15, -0.1) is 10.2 Å². The number of furan rings is 1. The highest BCUT2D eigenvalue weighted by molar-refractivity contribution is 8.01. The van der Waals surface area contributed by atoms with E-state index in [9.17, 15) is 9.18 Å². The number of halogens is 1. The maximum atomic E-state index is 13.0. The van der Waals surface area contributed by atoms with Crippen LogP contribution in [0.4, 0.5) is 9.52 Å². The average molecular weight is 391 g/mol. The largest absolute Gasteiger partial charge is 0.461 e. The van der Waals surface area contributed by atoms with Crippen LogP contribution in [0.1, 0.15) is 35.9 Å². The molecule has 0 spiro atoms. The molecule has 1 amide bonds. The van der Waals surface area contributed by atoms with Gasteiger partial charge in [0.05, 0.1) is 5.56 Å². The molecule has 5 nitrogen and oxygen atoms in total. The maximum absolute atomic E-state index is 13.0. The summed E-state index contributed by atoms with van der Waals surface area (Å²) in [7, 11) is 0. The molecule has 26 heavy (non-hydrogen) atoms. The molecule has 3 aromatic rings. The second-order valence-corrected chi connectivity index (χ2v) is 7.94. The summed E-state index contributed by atoms with van der Waals surface area (Å²) in [5, 5.41) is 11.3. The number of aryl methyl sites for hydroxylation is 1. The van der Waals surface area contributed by atoms with Crippen LogP contribution in [0, 0.1) is 12.7 Å². The quantitative estimate of drug-likeness (QED) is 0.332. The Bertz CT molecular complexity index is 890. The molecule has 0 unspecified atom stereocenters. The van der Waals surface area contributed by atoms with Crippen molar-refractivity contribution >= 4 is 34.1 Å². The van der Waals surface area contributed by atoms with Crippen LogP contribution in [0.25, 0.3) is 11.3 Å². The van der Waals surface area contributed by atoms with Crippen molar-refractivity contribution in [2.45, 2.75) is 31.0 Å². The summed E-state index contributed by atoms with van der Waals surface area (Å²) in [6.45, 7) is 3.85. The zero-order valence-electron chi connectivity index (χ0n) is 14.4. The Morgan fingerprint density at radius 3 is 2.81 bits per heavy atom. The first-order chi connectivity index (χ1) is 12.6. The summed E-state index contributed by atoms with van der Waals surface area (Å²) in [6, 6.07) is 7.58. The Morgan fingerprint density at radius 2 is 2.08 bits per heavy atom. The Hall–Kier alpha value is -2.19. The van der Waals surface area contributed by atoms with Gasteiger partial charge in [-0.1, -0.05) is 36.4 Å². The minimum Gasteiger partial charge on any atom is -0.461 e. The molecule has 0 atom stereocenters. The molecular weight excluding hydrogens is 373 g/mol. The molecule has 1 N–H and O–H groups in total. The van der Waals surface area contributed by atoms with E-state index in [-0.39, 0.29) is 11.7 Å². The van der Waals surface area contributed by atoms with Crippen molar-refractivity contribution < 1.29 is 13.6 Å². The first-order valence-corrected chi connectivity index (χ1v) is 10.0. The Labute approximate surface area is 159 Å². The minimum absolute atomic E-state index is 0.305. The predicted octanol–water partition coefficient (Wildman–Crippen LogP) is 5.39. The van der Waals surface area contributed by atoms with Gasteiger partial charge >= 0.3 is 0 Å². The highest BCUT2D eigenvalue weighted by Crippen LogP contribution is 2.29. The molecule has 3 rings (SSSR count). The van der Waals surface area contributed by atoms with Crippen LogP contribution in [0.2, 0.25) is 0 Å². The van der Waals surface area contributed by atoms with Gasteiger partial charge in [0.15, 0.2) is 4.34 Å². The standard InChI is InChI=1S/C18H18FN3O2S2/c1-3-4-9-25-18-22-21-17(26-18)20-16(23)14-10-15(24-11(14)2)12-5-7-13(19)8-6-12/h5-8,10H,3-4,9H2,1-2H3,(H,20,21,23). The number of nitrogens with zero attached hydrogens (tertiary/aromatic N) is 2. The van der Waals surface area contributed by atoms with Gasteiger partial charge in [-0.05, 0) is 43.7 Å². The number of hydrogen-bond acceptors (Lipinski definition) is 6.